The molecule has 37 heavy (non-hydrogen) atoms. The number of amides is 1. The molecule has 0 heterocycles. The largest absolute Gasteiger partial charge is 0.393 e. The molecular formula is C26H46N2O7S2. The molecule has 0 aromatic rings. The van der Waals surface area contributed by atoms with Crippen LogP contribution in [0.5, 0.6) is 0 Å². The molecule has 1 unspecified atom stereocenters. The zero-order chi connectivity index (χ0) is 27.2. The van der Waals surface area contributed by atoms with E-state index in [4.69, 9.17) is 4.55 Å². The van der Waals surface area contributed by atoms with Crippen LogP contribution in [0.2, 0.25) is 0 Å². The summed E-state index contributed by atoms with van der Waals surface area (Å²) in [7, 11) is -7.31. The Kier molecular flexibility index (Phi) is 8.43. The van der Waals surface area contributed by atoms with Crippen LogP contribution in [-0.4, -0.2) is 63.1 Å². The lowest BCUT2D eigenvalue weighted by molar-refractivity contribution is -0.164. The minimum Gasteiger partial charge on any atom is -0.393 e. The summed E-state index contributed by atoms with van der Waals surface area (Å²) < 4.78 is 56.9. The molecule has 9 nitrogen and oxygen atoms in total. The minimum absolute atomic E-state index is 0.0354. The van der Waals surface area contributed by atoms with Crippen molar-refractivity contribution in [3.05, 3.63) is 0 Å². The van der Waals surface area contributed by atoms with Gasteiger partial charge in [-0.25, -0.2) is 13.1 Å². The summed E-state index contributed by atoms with van der Waals surface area (Å²) in [6.45, 7) is 4.71. The number of aliphatic hydroxyl groups is 1. The summed E-state index contributed by atoms with van der Waals surface area (Å²) in [5.74, 6) is 1.41. The fourth-order valence-electron chi connectivity index (χ4n) is 9.13. The Morgan fingerprint density at radius 3 is 2.32 bits per heavy atom. The Hall–Kier alpha value is -0.750. The second kappa shape index (κ2) is 10.7. The number of carbonyl (C=O) groups is 1. The molecule has 4 aliphatic carbocycles. The summed E-state index contributed by atoms with van der Waals surface area (Å²) in [6, 6.07) is -0.0354. The van der Waals surface area contributed by atoms with Crippen LogP contribution in [0.3, 0.4) is 0 Å². The van der Waals surface area contributed by atoms with Crippen molar-refractivity contribution in [2.24, 2.45) is 40.4 Å². The SMILES string of the molecule is C[C@]12CC[C@H]3[C@@H]([C@@H](O)CC4C[C@H](NS(C)(=O)=O)CC[C@@]43C)[C@@H]1CC[C@@H]2CCCC(=O)NCCS(=O)(=O)O. The average Bonchev–Trinajstić information content (AvgIpc) is 3.09. The third-order valence-corrected chi connectivity index (χ3v) is 12.4. The molecule has 4 fully saturated rings. The van der Waals surface area contributed by atoms with Crippen LogP contribution in [0.25, 0.3) is 0 Å². The predicted molar refractivity (Wildman–Crippen MR) is 142 cm³/mol. The Bertz CT molecular complexity index is 1060. The lowest BCUT2D eigenvalue weighted by Gasteiger charge is -2.62. The maximum atomic E-state index is 12.1. The van der Waals surface area contributed by atoms with Crippen molar-refractivity contribution in [1.82, 2.24) is 10.0 Å². The van der Waals surface area contributed by atoms with Crippen LogP contribution in [-0.2, 0) is 24.9 Å². The van der Waals surface area contributed by atoms with E-state index in [2.05, 4.69) is 23.9 Å². The van der Waals surface area contributed by atoms with Crippen molar-refractivity contribution in [3.63, 3.8) is 0 Å². The van der Waals surface area contributed by atoms with E-state index in [9.17, 15) is 26.7 Å². The van der Waals surface area contributed by atoms with Gasteiger partial charge in [0, 0.05) is 19.0 Å². The molecule has 4 saturated carbocycles. The van der Waals surface area contributed by atoms with Gasteiger partial charge in [0.2, 0.25) is 15.9 Å². The van der Waals surface area contributed by atoms with E-state index in [0.29, 0.717) is 30.1 Å². The fraction of sp³-hybridized carbons (Fsp3) is 0.962. The monoisotopic (exact) mass is 562 g/mol. The van der Waals surface area contributed by atoms with Crippen LogP contribution >= 0.6 is 0 Å². The van der Waals surface area contributed by atoms with Gasteiger partial charge in [-0.3, -0.25) is 9.35 Å². The molecule has 0 bridgehead atoms. The molecule has 0 spiro atoms. The van der Waals surface area contributed by atoms with E-state index >= 15 is 0 Å². The molecule has 4 rings (SSSR count). The molecule has 0 aromatic heterocycles. The molecule has 0 aliphatic heterocycles. The van der Waals surface area contributed by atoms with Crippen LogP contribution in [0, 0.1) is 40.4 Å². The van der Waals surface area contributed by atoms with Gasteiger partial charge in [-0.2, -0.15) is 8.42 Å². The van der Waals surface area contributed by atoms with Crippen molar-refractivity contribution < 1.29 is 31.3 Å². The predicted octanol–water partition coefficient (Wildman–Crippen LogP) is 2.71. The van der Waals surface area contributed by atoms with Gasteiger partial charge in [-0.15, -0.1) is 0 Å². The average molecular weight is 563 g/mol. The first-order valence-corrected chi connectivity index (χ1v) is 17.5. The summed E-state index contributed by atoms with van der Waals surface area (Å²) in [6.07, 6.45) is 10.8. The topological polar surface area (TPSA) is 150 Å². The lowest BCUT2D eigenvalue weighted by Crippen LogP contribution is -2.59. The van der Waals surface area contributed by atoms with E-state index < -0.39 is 25.9 Å². The standard InChI is InChI=1S/C26H46N2O7S2/c1-25-12-10-21-24(22(29)16-18-15-19(28-36(3,31)32)9-11-26(18,21)2)20(25)8-7-17(25)5-4-6-23(30)27-13-14-37(33,34)35/h17-22,24,28-29H,4-16H2,1-3H3,(H,27,30)(H,33,34,35)/t17-,18?,19+,20-,21-,22-,24-,25+,26-/m0/s1. The highest BCUT2D eigenvalue weighted by atomic mass is 32.2. The van der Waals surface area contributed by atoms with Gasteiger partial charge in [-0.1, -0.05) is 13.8 Å². The molecule has 9 atom stereocenters. The quantitative estimate of drug-likeness (QED) is 0.316. The first-order chi connectivity index (χ1) is 17.1. The molecule has 1 amide bonds. The van der Waals surface area contributed by atoms with Crippen molar-refractivity contribution in [2.75, 3.05) is 18.6 Å². The van der Waals surface area contributed by atoms with Gasteiger partial charge in [0.05, 0.1) is 18.1 Å². The highest BCUT2D eigenvalue weighted by Gasteiger charge is 2.62. The normalized spacial score (nSPS) is 41.9. The third-order valence-electron chi connectivity index (χ3n) is 10.9. The maximum absolute atomic E-state index is 12.1. The number of sulfonamides is 1. The van der Waals surface area contributed by atoms with Crippen LogP contribution in [0.15, 0.2) is 0 Å². The highest BCUT2D eigenvalue weighted by Crippen LogP contribution is 2.67. The number of hydrogen-bond acceptors (Lipinski definition) is 6. The first kappa shape index (κ1) is 29.2. The fourth-order valence-corrected chi connectivity index (χ4v) is 10.3. The third kappa shape index (κ3) is 6.36. The number of fused-ring (bicyclic) bond motifs is 5. The number of nitrogens with one attached hydrogen (secondary N) is 2. The molecule has 0 aromatic carbocycles. The zero-order valence-electron chi connectivity index (χ0n) is 22.5. The van der Waals surface area contributed by atoms with Gasteiger partial charge >= 0.3 is 0 Å². The Balaban J connectivity index is 1.35. The van der Waals surface area contributed by atoms with Crippen LogP contribution in [0.4, 0.5) is 0 Å². The number of carbonyl (C=O) groups excluding carboxylic acids is 1. The molecule has 0 radical (unpaired) electrons. The van der Waals surface area contributed by atoms with E-state index in [1.807, 2.05) is 0 Å². The molecule has 11 heteroatoms. The molecular weight excluding hydrogens is 516 g/mol. The number of aliphatic hydroxyl groups excluding tert-OH is 1. The first-order valence-electron chi connectivity index (χ1n) is 14.0. The van der Waals surface area contributed by atoms with Crippen LogP contribution < -0.4 is 10.0 Å². The van der Waals surface area contributed by atoms with Crippen LogP contribution in [0.1, 0.15) is 84.5 Å². The maximum Gasteiger partial charge on any atom is 0.266 e. The Labute approximate surface area is 222 Å². The molecule has 4 N–H and O–H groups in total. The second-order valence-corrected chi connectivity index (χ2v) is 16.4. The summed E-state index contributed by atoms with van der Waals surface area (Å²) in [5, 5.41) is 14.0. The molecule has 214 valence electrons. The van der Waals surface area contributed by atoms with Gasteiger partial charge in [0.1, 0.15) is 0 Å². The Morgan fingerprint density at radius 2 is 1.65 bits per heavy atom. The van der Waals surface area contributed by atoms with Gasteiger partial charge in [0.15, 0.2) is 0 Å². The second-order valence-electron chi connectivity index (χ2n) is 13.0. The number of rotatable bonds is 9. The lowest BCUT2D eigenvalue weighted by atomic mass is 9.44. The van der Waals surface area contributed by atoms with Crippen molar-refractivity contribution in [2.45, 2.75) is 96.6 Å². The van der Waals surface area contributed by atoms with Gasteiger partial charge in [-0.05, 0) is 105 Å². The van der Waals surface area contributed by atoms with E-state index in [1.165, 1.54) is 6.26 Å². The van der Waals surface area contributed by atoms with Crippen molar-refractivity contribution in [3.8, 4) is 0 Å². The molecule has 4 aliphatic rings. The Morgan fingerprint density at radius 1 is 0.973 bits per heavy atom. The molecule has 0 saturated heterocycles. The van der Waals surface area contributed by atoms with Crippen molar-refractivity contribution in [1.29, 1.82) is 0 Å². The summed E-state index contributed by atoms with van der Waals surface area (Å²) in [5.41, 5.74) is 0.293. The number of hydrogen-bond donors (Lipinski definition) is 4. The highest BCUT2D eigenvalue weighted by molar-refractivity contribution is 7.88. The smallest absolute Gasteiger partial charge is 0.266 e. The van der Waals surface area contributed by atoms with Crippen molar-refractivity contribution >= 4 is 26.0 Å². The van der Waals surface area contributed by atoms with E-state index in [-0.39, 0.29) is 41.3 Å². The summed E-state index contributed by atoms with van der Waals surface area (Å²) >= 11 is 0. The van der Waals surface area contributed by atoms with Gasteiger partial charge < -0.3 is 10.4 Å². The van der Waals surface area contributed by atoms with E-state index in [1.54, 1.807) is 0 Å². The zero-order valence-corrected chi connectivity index (χ0v) is 24.1. The minimum atomic E-state index is -4.07. The van der Waals surface area contributed by atoms with Gasteiger partial charge in [0.25, 0.3) is 10.1 Å². The summed E-state index contributed by atoms with van der Waals surface area (Å²) in [4.78, 5) is 12.1. The van der Waals surface area contributed by atoms with E-state index in [0.717, 1.165) is 64.2 Å².